The molecule has 21 heavy (non-hydrogen) atoms. The van der Waals surface area contributed by atoms with Crippen molar-refractivity contribution in [2.75, 3.05) is 0 Å². The van der Waals surface area contributed by atoms with Crippen molar-refractivity contribution in [2.45, 2.75) is 39.3 Å². The molecular formula is C17H21N3S. The minimum atomic E-state index is 0.253. The van der Waals surface area contributed by atoms with Gasteiger partial charge in [0, 0.05) is 28.8 Å². The van der Waals surface area contributed by atoms with Crippen molar-refractivity contribution in [2.24, 2.45) is 5.73 Å². The number of rotatable bonds is 5. The van der Waals surface area contributed by atoms with E-state index >= 15 is 0 Å². The largest absolute Gasteiger partial charge is 0.341 e. The molecule has 3 nitrogen and oxygen atoms in total. The van der Waals surface area contributed by atoms with Crippen LogP contribution in [0.5, 0.6) is 0 Å². The lowest BCUT2D eigenvalue weighted by Crippen LogP contribution is -2.21. The maximum atomic E-state index is 6.05. The van der Waals surface area contributed by atoms with E-state index in [4.69, 9.17) is 5.73 Å². The van der Waals surface area contributed by atoms with Crippen LogP contribution in [-0.4, -0.2) is 15.6 Å². The molecule has 110 valence electrons. The summed E-state index contributed by atoms with van der Waals surface area (Å²) in [5, 5.41) is 4.54. The molecule has 0 aliphatic rings. The van der Waals surface area contributed by atoms with E-state index in [1.807, 2.05) is 6.92 Å². The number of benzene rings is 1. The minimum Gasteiger partial charge on any atom is -0.341 e. The highest BCUT2D eigenvalue weighted by molar-refractivity contribution is 7.09. The number of fused-ring (bicyclic) bond motifs is 1. The van der Waals surface area contributed by atoms with Crippen LogP contribution >= 0.6 is 11.3 Å². The highest BCUT2D eigenvalue weighted by atomic mass is 32.1. The lowest BCUT2D eigenvalue weighted by atomic mass is 10.0. The molecule has 0 amide bonds. The van der Waals surface area contributed by atoms with Crippen molar-refractivity contribution in [1.82, 2.24) is 9.55 Å². The van der Waals surface area contributed by atoms with E-state index in [1.54, 1.807) is 11.3 Å². The third-order valence-corrected chi connectivity index (χ3v) is 4.78. The first-order valence-corrected chi connectivity index (χ1v) is 8.28. The lowest BCUT2D eigenvalue weighted by Gasteiger charge is -2.09. The van der Waals surface area contributed by atoms with Crippen LogP contribution < -0.4 is 5.73 Å². The van der Waals surface area contributed by atoms with E-state index in [0.29, 0.717) is 0 Å². The number of nitrogens with two attached hydrogens (primary N) is 1. The first kappa shape index (κ1) is 14.3. The van der Waals surface area contributed by atoms with Gasteiger partial charge in [0.1, 0.15) is 5.01 Å². The molecule has 0 bridgehead atoms. The van der Waals surface area contributed by atoms with Gasteiger partial charge in [-0.1, -0.05) is 13.0 Å². The SMILES string of the molecule is CCC(N)Cc1ccc2c(ccn2Cc2nc(C)cs2)c1. The van der Waals surface area contributed by atoms with Crippen LogP contribution in [-0.2, 0) is 13.0 Å². The normalized spacial score (nSPS) is 12.9. The fraction of sp³-hybridized carbons (Fsp3) is 0.353. The smallest absolute Gasteiger partial charge is 0.113 e. The number of aromatic nitrogens is 2. The van der Waals surface area contributed by atoms with Crippen LogP contribution in [0.2, 0.25) is 0 Å². The summed E-state index contributed by atoms with van der Waals surface area (Å²) >= 11 is 1.72. The molecule has 2 heterocycles. The fourth-order valence-electron chi connectivity index (χ4n) is 2.58. The van der Waals surface area contributed by atoms with E-state index in [9.17, 15) is 0 Å². The number of nitrogens with zero attached hydrogens (tertiary/aromatic N) is 2. The molecule has 0 aliphatic carbocycles. The van der Waals surface area contributed by atoms with Crippen LogP contribution in [0, 0.1) is 6.92 Å². The number of hydrogen-bond donors (Lipinski definition) is 1. The average molecular weight is 299 g/mol. The summed E-state index contributed by atoms with van der Waals surface area (Å²) in [6.07, 6.45) is 4.11. The summed E-state index contributed by atoms with van der Waals surface area (Å²) in [5.74, 6) is 0. The molecule has 0 radical (unpaired) electrons. The molecule has 3 aromatic rings. The monoisotopic (exact) mass is 299 g/mol. The van der Waals surface area contributed by atoms with Gasteiger partial charge in [0.25, 0.3) is 0 Å². The predicted octanol–water partition coefficient (Wildman–Crippen LogP) is 3.73. The quantitative estimate of drug-likeness (QED) is 0.780. The molecule has 0 spiro atoms. The number of thiazole rings is 1. The Bertz CT molecular complexity index is 741. The number of hydrogen-bond acceptors (Lipinski definition) is 3. The summed E-state index contributed by atoms with van der Waals surface area (Å²) in [7, 11) is 0. The molecule has 0 saturated heterocycles. The van der Waals surface area contributed by atoms with Crippen LogP contribution in [0.3, 0.4) is 0 Å². The zero-order valence-electron chi connectivity index (χ0n) is 12.5. The van der Waals surface area contributed by atoms with Gasteiger partial charge in [-0.15, -0.1) is 11.3 Å². The first-order chi connectivity index (χ1) is 10.2. The van der Waals surface area contributed by atoms with Gasteiger partial charge < -0.3 is 10.3 Å². The highest BCUT2D eigenvalue weighted by Crippen LogP contribution is 2.21. The third-order valence-electron chi connectivity index (χ3n) is 3.83. The molecule has 2 aromatic heterocycles. The fourth-order valence-corrected chi connectivity index (χ4v) is 3.35. The second-order valence-corrected chi connectivity index (χ2v) is 6.53. The van der Waals surface area contributed by atoms with E-state index in [2.05, 4.69) is 52.3 Å². The molecule has 0 aliphatic heterocycles. The summed E-state index contributed by atoms with van der Waals surface area (Å²) in [5.41, 5.74) is 9.73. The van der Waals surface area contributed by atoms with Gasteiger partial charge in [0.15, 0.2) is 0 Å². The van der Waals surface area contributed by atoms with Gasteiger partial charge in [-0.25, -0.2) is 4.98 Å². The van der Waals surface area contributed by atoms with Gasteiger partial charge in [-0.2, -0.15) is 0 Å². The Kier molecular flexibility index (Phi) is 4.08. The van der Waals surface area contributed by atoms with Crippen LogP contribution in [0.4, 0.5) is 0 Å². The molecule has 0 fully saturated rings. The maximum Gasteiger partial charge on any atom is 0.113 e. The summed E-state index contributed by atoms with van der Waals surface area (Å²) in [6, 6.07) is 9.09. The Morgan fingerprint density at radius 2 is 2.19 bits per heavy atom. The highest BCUT2D eigenvalue weighted by Gasteiger charge is 2.07. The van der Waals surface area contributed by atoms with E-state index < -0.39 is 0 Å². The molecule has 1 unspecified atom stereocenters. The Balaban J connectivity index is 1.85. The van der Waals surface area contributed by atoms with E-state index in [0.717, 1.165) is 30.1 Å². The summed E-state index contributed by atoms with van der Waals surface area (Å²) in [6.45, 7) is 5.02. The lowest BCUT2D eigenvalue weighted by molar-refractivity contribution is 0.647. The van der Waals surface area contributed by atoms with Crippen molar-refractivity contribution in [3.05, 3.63) is 52.1 Å². The molecule has 4 heteroatoms. The Labute approximate surface area is 129 Å². The molecule has 3 rings (SSSR count). The van der Waals surface area contributed by atoms with Crippen molar-refractivity contribution in [3.63, 3.8) is 0 Å². The molecular weight excluding hydrogens is 278 g/mol. The first-order valence-electron chi connectivity index (χ1n) is 7.40. The molecule has 2 N–H and O–H groups in total. The van der Waals surface area contributed by atoms with Crippen molar-refractivity contribution in [1.29, 1.82) is 0 Å². The topological polar surface area (TPSA) is 43.8 Å². The Hall–Kier alpha value is -1.65. The molecule has 1 atom stereocenters. The second kappa shape index (κ2) is 6.00. The van der Waals surface area contributed by atoms with Crippen molar-refractivity contribution < 1.29 is 0 Å². The summed E-state index contributed by atoms with van der Waals surface area (Å²) in [4.78, 5) is 4.54. The Morgan fingerprint density at radius 1 is 1.33 bits per heavy atom. The predicted molar refractivity (Wildman–Crippen MR) is 89.9 cm³/mol. The van der Waals surface area contributed by atoms with Crippen molar-refractivity contribution in [3.8, 4) is 0 Å². The van der Waals surface area contributed by atoms with Gasteiger partial charge in [-0.05, 0) is 48.9 Å². The maximum absolute atomic E-state index is 6.05. The zero-order valence-corrected chi connectivity index (χ0v) is 13.4. The van der Waals surface area contributed by atoms with Crippen molar-refractivity contribution >= 4 is 22.2 Å². The van der Waals surface area contributed by atoms with E-state index in [-0.39, 0.29) is 6.04 Å². The summed E-state index contributed by atoms with van der Waals surface area (Å²) < 4.78 is 2.26. The van der Waals surface area contributed by atoms with Gasteiger partial charge in [0.2, 0.25) is 0 Å². The minimum absolute atomic E-state index is 0.253. The number of aryl methyl sites for hydroxylation is 1. The molecule has 0 saturated carbocycles. The standard InChI is InChI=1S/C17H21N3S/c1-3-15(18)9-13-4-5-16-14(8-13)6-7-20(16)10-17-19-12(2)11-21-17/h4-8,11,15H,3,9-10,18H2,1-2H3. The van der Waals surface area contributed by atoms with Gasteiger partial charge in [-0.3, -0.25) is 0 Å². The average Bonchev–Trinajstić information content (AvgIpc) is 3.06. The van der Waals surface area contributed by atoms with Crippen LogP contribution in [0.25, 0.3) is 10.9 Å². The second-order valence-electron chi connectivity index (χ2n) is 5.59. The van der Waals surface area contributed by atoms with Crippen LogP contribution in [0.1, 0.15) is 29.6 Å². The molecule has 1 aromatic carbocycles. The third kappa shape index (κ3) is 3.17. The van der Waals surface area contributed by atoms with Gasteiger partial charge >= 0.3 is 0 Å². The van der Waals surface area contributed by atoms with Gasteiger partial charge in [0.05, 0.1) is 6.54 Å². The van der Waals surface area contributed by atoms with Crippen LogP contribution in [0.15, 0.2) is 35.8 Å². The zero-order chi connectivity index (χ0) is 14.8. The Morgan fingerprint density at radius 3 is 2.90 bits per heavy atom. The van der Waals surface area contributed by atoms with E-state index in [1.165, 1.54) is 16.5 Å².